The molecule has 0 spiro atoms. The first kappa shape index (κ1) is 20.0. The van der Waals surface area contributed by atoms with Crippen molar-refractivity contribution in [2.45, 2.75) is 13.7 Å². The lowest BCUT2D eigenvalue weighted by Crippen LogP contribution is -2.18. The zero-order chi connectivity index (χ0) is 21.0. The summed E-state index contributed by atoms with van der Waals surface area (Å²) in [6, 6.07) is 4.34. The van der Waals surface area contributed by atoms with Crippen LogP contribution in [-0.2, 0) is 18.5 Å². The summed E-state index contributed by atoms with van der Waals surface area (Å²) in [7, 11) is 1.56. The molecule has 1 N–H and O–H groups in total. The van der Waals surface area contributed by atoms with E-state index in [4.69, 9.17) is 9.47 Å². The van der Waals surface area contributed by atoms with Crippen molar-refractivity contribution in [1.29, 1.82) is 0 Å². The number of anilines is 1. The average molecular weight is 405 g/mol. The van der Waals surface area contributed by atoms with Gasteiger partial charge in [0.25, 0.3) is 5.91 Å². The third kappa shape index (κ3) is 4.57. The molecule has 2 aromatic heterocycles. The number of benzene rings is 1. The maximum absolute atomic E-state index is 13.6. The predicted octanol–water partition coefficient (Wildman–Crippen LogP) is 2.36. The van der Waals surface area contributed by atoms with Gasteiger partial charge in [0.15, 0.2) is 24.0 Å². The molecule has 29 heavy (non-hydrogen) atoms. The molecule has 3 rings (SSSR count). The van der Waals surface area contributed by atoms with Gasteiger partial charge in [0.05, 0.1) is 12.8 Å². The zero-order valence-corrected chi connectivity index (χ0v) is 15.6. The second kappa shape index (κ2) is 8.50. The second-order valence-electron chi connectivity index (χ2n) is 5.79. The number of amides is 1. The minimum Gasteiger partial charge on any atom is -0.468 e. The molecule has 0 saturated carbocycles. The number of aromatic nitrogens is 4. The van der Waals surface area contributed by atoms with E-state index in [1.54, 1.807) is 14.0 Å². The Morgan fingerprint density at radius 3 is 2.76 bits per heavy atom. The minimum absolute atomic E-state index is 0.0317. The molecule has 0 fully saturated rings. The smallest absolute Gasteiger partial charge is 0.343 e. The van der Waals surface area contributed by atoms with E-state index in [0.717, 1.165) is 12.1 Å². The molecule has 1 amide bonds. The molecular weight excluding hydrogens is 388 g/mol. The first-order valence-electron chi connectivity index (χ1n) is 8.50. The van der Waals surface area contributed by atoms with Crippen LogP contribution in [0.15, 0.2) is 36.7 Å². The van der Waals surface area contributed by atoms with Crippen molar-refractivity contribution in [3.05, 3.63) is 59.6 Å². The molecule has 0 unspecified atom stereocenters. The quantitative estimate of drug-likeness (QED) is 0.606. The van der Waals surface area contributed by atoms with E-state index in [2.05, 4.69) is 15.5 Å². The summed E-state index contributed by atoms with van der Waals surface area (Å²) in [5.74, 6) is -2.76. The average Bonchev–Trinajstić information content (AvgIpc) is 3.29. The summed E-state index contributed by atoms with van der Waals surface area (Å²) in [5.41, 5.74) is 0.140. The number of ether oxygens (including phenoxy) is 2. The highest BCUT2D eigenvalue weighted by Crippen LogP contribution is 2.18. The number of aryl methyl sites for hydroxylation is 1. The van der Waals surface area contributed by atoms with Crippen LogP contribution in [0, 0.1) is 11.6 Å². The summed E-state index contributed by atoms with van der Waals surface area (Å²) < 4.78 is 39.2. The molecular formula is C18H17F2N5O4. The van der Waals surface area contributed by atoms with Crippen molar-refractivity contribution >= 4 is 17.7 Å². The zero-order valence-electron chi connectivity index (χ0n) is 15.6. The first-order chi connectivity index (χ1) is 13.9. The first-order valence-corrected chi connectivity index (χ1v) is 8.50. The van der Waals surface area contributed by atoms with E-state index in [1.165, 1.54) is 27.8 Å². The summed E-state index contributed by atoms with van der Waals surface area (Å²) in [4.78, 5) is 24.4. The maximum Gasteiger partial charge on any atom is 0.343 e. The highest BCUT2D eigenvalue weighted by atomic mass is 19.1. The van der Waals surface area contributed by atoms with E-state index >= 15 is 0 Å². The molecule has 2 heterocycles. The van der Waals surface area contributed by atoms with Gasteiger partial charge in [0.2, 0.25) is 0 Å². The Labute approximate surface area is 163 Å². The molecule has 152 valence electrons. The lowest BCUT2D eigenvalue weighted by Gasteiger charge is -2.08. The van der Waals surface area contributed by atoms with Gasteiger partial charge < -0.3 is 14.8 Å². The molecule has 0 bridgehead atoms. The van der Waals surface area contributed by atoms with Crippen LogP contribution in [0.3, 0.4) is 0 Å². The third-order valence-electron chi connectivity index (χ3n) is 3.79. The van der Waals surface area contributed by atoms with Crippen LogP contribution in [0.2, 0.25) is 0 Å². The lowest BCUT2D eigenvalue weighted by atomic mass is 10.3. The van der Waals surface area contributed by atoms with Gasteiger partial charge in [0, 0.05) is 19.3 Å². The van der Waals surface area contributed by atoms with Crippen LogP contribution in [0.4, 0.5) is 14.6 Å². The number of halogens is 2. The van der Waals surface area contributed by atoms with Crippen molar-refractivity contribution in [1.82, 2.24) is 19.6 Å². The Hall–Kier alpha value is -3.76. The van der Waals surface area contributed by atoms with E-state index in [1.807, 2.05) is 0 Å². The normalized spacial score (nSPS) is 10.6. The fourth-order valence-corrected chi connectivity index (χ4v) is 2.40. The second-order valence-corrected chi connectivity index (χ2v) is 5.79. The molecule has 3 aromatic rings. The minimum atomic E-state index is -0.849. The largest absolute Gasteiger partial charge is 0.468 e. The van der Waals surface area contributed by atoms with Crippen molar-refractivity contribution in [2.75, 3.05) is 11.9 Å². The van der Waals surface area contributed by atoms with Crippen molar-refractivity contribution in [3.8, 4) is 5.75 Å². The number of carbonyl (C=O) groups excluding carboxylic acids is 2. The molecule has 0 aliphatic rings. The van der Waals surface area contributed by atoms with Gasteiger partial charge in [-0.25, -0.2) is 18.3 Å². The molecule has 0 aliphatic heterocycles. The van der Waals surface area contributed by atoms with Crippen LogP contribution in [0.5, 0.6) is 5.75 Å². The fraction of sp³-hybridized carbons (Fsp3) is 0.222. The van der Waals surface area contributed by atoms with Crippen molar-refractivity contribution in [2.24, 2.45) is 7.05 Å². The monoisotopic (exact) mass is 405 g/mol. The Kier molecular flexibility index (Phi) is 5.86. The number of carbonyl (C=O) groups is 2. The van der Waals surface area contributed by atoms with Gasteiger partial charge in [-0.15, -0.1) is 0 Å². The Morgan fingerprint density at radius 2 is 2.03 bits per heavy atom. The van der Waals surface area contributed by atoms with Crippen LogP contribution >= 0.6 is 0 Å². The molecule has 0 saturated heterocycles. The van der Waals surface area contributed by atoms with E-state index in [9.17, 15) is 18.4 Å². The van der Waals surface area contributed by atoms with Crippen LogP contribution in [-0.4, -0.2) is 38.0 Å². The highest BCUT2D eigenvalue weighted by molar-refractivity contribution is 6.06. The Morgan fingerprint density at radius 1 is 1.24 bits per heavy atom. The molecule has 9 nitrogen and oxygen atoms in total. The van der Waals surface area contributed by atoms with Crippen LogP contribution < -0.4 is 10.1 Å². The maximum atomic E-state index is 13.6. The van der Waals surface area contributed by atoms with Crippen molar-refractivity contribution in [3.63, 3.8) is 0 Å². The Balaban J connectivity index is 1.67. The van der Waals surface area contributed by atoms with Gasteiger partial charge in [-0.2, -0.15) is 10.2 Å². The topological polar surface area (TPSA) is 100 Å². The van der Waals surface area contributed by atoms with Gasteiger partial charge in [0.1, 0.15) is 17.2 Å². The van der Waals surface area contributed by atoms with Gasteiger partial charge >= 0.3 is 5.97 Å². The number of rotatable bonds is 7. The van der Waals surface area contributed by atoms with E-state index in [0.29, 0.717) is 6.07 Å². The van der Waals surface area contributed by atoms with Crippen molar-refractivity contribution < 1.29 is 27.8 Å². The summed E-state index contributed by atoms with van der Waals surface area (Å²) in [6.07, 6.45) is 2.74. The van der Waals surface area contributed by atoms with E-state index in [-0.39, 0.29) is 36.2 Å². The summed E-state index contributed by atoms with van der Waals surface area (Å²) in [5, 5.41) is 10.5. The molecule has 11 heteroatoms. The molecule has 0 atom stereocenters. The number of nitrogens with zero attached hydrogens (tertiary/aromatic N) is 4. The fourth-order valence-electron chi connectivity index (χ4n) is 2.40. The number of hydrogen-bond donors (Lipinski definition) is 1. The standard InChI is InChI=1S/C18H17F2N5O4/c1-3-28-18(27)12-9-21-24(2)16(12)22-17(26)14-6-7-25(23-14)10-29-15-5-4-11(19)8-13(15)20/h4-9H,3,10H2,1-2H3,(H,22,26). The number of hydrogen-bond acceptors (Lipinski definition) is 6. The van der Waals surface area contributed by atoms with Crippen LogP contribution in [0.25, 0.3) is 0 Å². The van der Waals surface area contributed by atoms with Crippen LogP contribution in [0.1, 0.15) is 27.8 Å². The molecule has 1 aromatic carbocycles. The highest BCUT2D eigenvalue weighted by Gasteiger charge is 2.20. The van der Waals surface area contributed by atoms with Gasteiger partial charge in [-0.05, 0) is 25.1 Å². The van der Waals surface area contributed by atoms with E-state index < -0.39 is 23.5 Å². The molecule has 0 radical (unpaired) electrons. The van der Waals surface area contributed by atoms with Gasteiger partial charge in [-0.1, -0.05) is 0 Å². The Bertz CT molecular complexity index is 1050. The lowest BCUT2D eigenvalue weighted by molar-refractivity contribution is 0.0527. The SMILES string of the molecule is CCOC(=O)c1cnn(C)c1NC(=O)c1ccn(COc2ccc(F)cc2F)n1. The van der Waals surface area contributed by atoms with Gasteiger partial charge in [-0.3, -0.25) is 9.48 Å². The predicted molar refractivity (Wildman–Crippen MR) is 96.3 cm³/mol. The number of nitrogens with one attached hydrogen (secondary N) is 1. The number of esters is 1. The summed E-state index contributed by atoms with van der Waals surface area (Å²) >= 11 is 0. The summed E-state index contributed by atoms with van der Waals surface area (Å²) in [6.45, 7) is 1.65. The third-order valence-corrected chi connectivity index (χ3v) is 3.79. The molecule has 0 aliphatic carbocycles.